The minimum absolute atomic E-state index is 0. The minimum Gasteiger partial charge on any atom is -0.497 e. The summed E-state index contributed by atoms with van der Waals surface area (Å²) < 4.78 is 25.7. The number of anilines is 1. The summed E-state index contributed by atoms with van der Waals surface area (Å²) in [5.41, 5.74) is 3.60. The molecule has 1 unspecified atom stereocenters. The average Bonchev–Trinajstić information content (AvgIpc) is 3.14. The Morgan fingerprint density at radius 2 is 1.70 bits per heavy atom. The molecule has 0 saturated heterocycles. The maximum atomic E-state index is 15.0. The first kappa shape index (κ1) is 28.0. The summed E-state index contributed by atoms with van der Waals surface area (Å²) in [6, 6.07) is 19.9. The number of aliphatic hydroxyl groups excluding tert-OH is 1. The summed E-state index contributed by atoms with van der Waals surface area (Å²) in [4.78, 5) is 2.18. The molecule has 3 aromatic carbocycles. The first-order valence-corrected chi connectivity index (χ1v) is 11.8. The number of likely N-dealkylation sites (N-methyl/N-ethyl adjacent to an activating group) is 1. The molecule has 3 aromatic rings. The third kappa shape index (κ3) is 5.70. The molecule has 0 aromatic heterocycles. The van der Waals surface area contributed by atoms with E-state index in [1.54, 1.807) is 37.6 Å². The third-order valence-electron chi connectivity index (χ3n) is 6.55. The van der Waals surface area contributed by atoms with Crippen molar-refractivity contribution in [2.75, 3.05) is 25.7 Å². The van der Waals surface area contributed by atoms with Crippen LogP contribution in [-0.2, 0) is 28.6 Å². The SMILES string of the molecule is CCN1\C(=C/C=N/N=C(\O)c2ccccc2)C(C)(Cc2ccc(OC)cc2F)c2cc(OC)ccc21.[Co]. The molecular weight excluding hydrogens is 516 g/mol. The van der Waals surface area contributed by atoms with E-state index in [0.29, 0.717) is 29.8 Å². The fourth-order valence-corrected chi connectivity index (χ4v) is 4.70. The van der Waals surface area contributed by atoms with E-state index in [1.165, 1.54) is 13.2 Å². The quantitative estimate of drug-likeness (QED) is 0.212. The fraction of sp³-hybridized carbons (Fsp3) is 0.241. The van der Waals surface area contributed by atoms with Gasteiger partial charge in [-0.3, -0.25) is 0 Å². The van der Waals surface area contributed by atoms with Crippen LogP contribution in [0, 0.1) is 5.82 Å². The molecule has 1 heterocycles. The Bertz CT molecular complexity index is 1330. The van der Waals surface area contributed by atoms with Gasteiger partial charge in [-0.25, -0.2) is 4.39 Å². The standard InChI is InChI=1S/C29H30FN3O3.Co/c1-5-33-26-14-13-22(35-3)17-24(26)29(2,19-21-11-12-23(36-4)18-25(21)30)27(33)15-16-31-32-28(34)20-9-7-6-8-10-20;/h6-18H,5,19H2,1-4H3,(H,32,34);/b27-15-,31-16+;. The van der Waals surface area contributed by atoms with E-state index in [-0.39, 0.29) is 28.5 Å². The van der Waals surface area contributed by atoms with Crippen LogP contribution in [0.15, 0.2) is 88.7 Å². The van der Waals surface area contributed by atoms with E-state index in [4.69, 9.17) is 9.47 Å². The van der Waals surface area contributed by atoms with Crippen molar-refractivity contribution in [3.05, 3.63) is 101 Å². The number of aliphatic hydroxyl groups is 1. The summed E-state index contributed by atoms with van der Waals surface area (Å²) in [6.07, 6.45) is 3.85. The number of ether oxygens (including phenoxy) is 2. The minimum atomic E-state index is -0.577. The van der Waals surface area contributed by atoms with Crippen LogP contribution in [0.1, 0.15) is 30.5 Å². The van der Waals surface area contributed by atoms with Crippen LogP contribution in [0.4, 0.5) is 10.1 Å². The Morgan fingerprint density at radius 1 is 1.03 bits per heavy atom. The van der Waals surface area contributed by atoms with E-state index in [1.807, 2.05) is 42.5 Å². The first-order valence-electron chi connectivity index (χ1n) is 11.8. The molecule has 1 aliphatic rings. The monoisotopic (exact) mass is 546 g/mol. The van der Waals surface area contributed by atoms with E-state index in [9.17, 15) is 5.11 Å². The normalized spacial score (nSPS) is 18.1. The third-order valence-corrected chi connectivity index (χ3v) is 6.55. The van der Waals surface area contributed by atoms with Crippen molar-refractivity contribution in [3.8, 4) is 11.5 Å². The molecule has 4 rings (SSSR count). The van der Waals surface area contributed by atoms with Crippen LogP contribution < -0.4 is 14.4 Å². The van der Waals surface area contributed by atoms with Gasteiger partial charge in [0.2, 0.25) is 5.90 Å². The number of hydrogen-bond acceptors (Lipinski definition) is 5. The maximum Gasteiger partial charge on any atom is 0.238 e. The van der Waals surface area contributed by atoms with Gasteiger partial charge in [-0.15, -0.1) is 5.10 Å². The molecule has 0 amide bonds. The van der Waals surface area contributed by atoms with Crippen LogP contribution >= 0.6 is 0 Å². The molecule has 195 valence electrons. The van der Waals surface area contributed by atoms with Crippen LogP contribution in [-0.4, -0.2) is 38.0 Å². The zero-order valence-corrected chi connectivity index (χ0v) is 22.3. The molecule has 0 saturated carbocycles. The Kier molecular flexibility index (Phi) is 9.12. The summed E-state index contributed by atoms with van der Waals surface area (Å²) in [7, 11) is 3.15. The number of fused-ring (bicyclic) bond motifs is 1. The number of rotatable bonds is 8. The predicted octanol–water partition coefficient (Wildman–Crippen LogP) is 6.06. The van der Waals surface area contributed by atoms with Gasteiger partial charge in [0.05, 0.1) is 20.4 Å². The molecule has 8 heteroatoms. The van der Waals surface area contributed by atoms with Gasteiger partial charge in [-0.2, -0.15) is 5.10 Å². The molecular formula is C29H30CoFN3O3. The Hall–Kier alpha value is -3.62. The summed E-state index contributed by atoms with van der Waals surface area (Å²) >= 11 is 0. The molecule has 1 aliphatic heterocycles. The topological polar surface area (TPSA) is 66.7 Å². The van der Waals surface area contributed by atoms with Gasteiger partial charge in [-0.05, 0) is 73.9 Å². The van der Waals surface area contributed by atoms with Crippen molar-refractivity contribution in [2.45, 2.75) is 25.7 Å². The van der Waals surface area contributed by atoms with Gasteiger partial charge in [-0.1, -0.05) is 24.3 Å². The number of hydrogen-bond donors (Lipinski definition) is 1. The molecule has 37 heavy (non-hydrogen) atoms. The summed E-state index contributed by atoms with van der Waals surface area (Å²) in [5.74, 6) is 0.725. The number of allylic oxidation sites excluding steroid dienone is 2. The van der Waals surface area contributed by atoms with Crippen LogP contribution in [0.2, 0.25) is 0 Å². The predicted molar refractivity (Wildman–Crippen MR) is 142 cm³/mol. The van der Waals surface area contributed by atoms with E-state index in [2.05, 4.69) is 29.0 Å². The van der Waals surface area contributed by atoms with Crippen molar-refractivity contribution in [1.29, 1.82) is 0 Å². The molecule has 0 bridgehead atoms. The Balaban J connectivity index is 0.00000380. The Labute approximate surface area is 227 Å². The zero-order chi connectivity index (χ0) is 25.7. The number of benzene rings is 3. The van der Waals surface area contributed by atoms with E-state index in [0.717, 1.165) is 22.7 Å². The molecule has 6 nitrogen and oxygen atoms in total. The van der Waals surface area contributed by atoms with Gasteiger partial charge in [0.1, 0.15) is 17.3 Å². The molecule has 0 fully saturated rings. The second-order valence-corrected chi connectivity index (χ2v) is 8.70. The number of methoxy groups -OCH3 is 2. The van der Waals surface area contributed by atoms with Crippen molar-refractivity contribution in [1.82, 2.24) is 0 Å². The zero-order valence-electron chi connectivity index (χ0n) is 21.2. The first-order chi connectivity index (χ1) is 17.4. The van der Waals surface area contributed by atoms with E-state index < -0.39 is 5.41 Å². The van der Waals surface area contributed by atoms with Crippen molar-refractivity contribution >= 4 is 17.8 Å². The van der Waals surface area contributed by atoms with Gasteiger partial charge in [0.15, 0.2) is 0 Å². The van der Waals surface area contributed by atoms with E-state index >= 15 is 4.39 Å². The van der Waals surface area contributed by atoms with Crippen LogP contribution in [0.5, 0.6) is 11.5 Å². The van der Waals surface area contributed by atoms with Crippen LogP contribution in [0.25, 0.3) is 0 Å². The van der Waals surface area contributed by atoms with Crippen LogP contribution in [0.3, 0.4) is 0 Å². The second kappa shape index (κ2) is 12.1. The largest absolute Gasteiger partial charge is 0.497 e. The van der Waals surface area contributed by atoms with Crippen molar-refractivity contribution < 1.29 is 35.7 Å². The number of halogens is 1. The summed E-state index contributed by atoms with van der Waals surface area (Å²) in [6.45, 7) is 4.87. The smallest absolute Gasteiger partial charge is 0.238 e. The number of nitrogens with zero attached hydrogens (tertiary/aromatic N) is 3. The van der Waals surface area contributed by atoms with Crippen molar-refractivity contribution in [2.24, 2.45) is 10.2 Å². The maximum absolute atomic E-state index is 15.0. The molecule has 1 N–H and O–H groups in total. The molecule has 1 atom stereocenters. The molecule has 0 spiro atoms. The fourth-order valence-electron chi connectivity index (χ4n) is 4.70. The van der Waals surface area contributed by atoms with Gasteiger partial charge < -0.3 is 19.5 Å². The molecule has 0 aliphatic carbocycles. The molecule has 1 radical (unpaired) electrons. The van der Waals surface area contributed by atoms with Gasteiger partial charge in [0, 0.05) is 51.8 Å². The average molecular weight is 547 g/mol. The van der Waals surface area contributed by atoms with Crippen molar-refractivity contribution in [3.63, 3.8) is 0 Å². The van der Waals surface area contributed by atoms with Gasteiger partial charge >= 0.3 is 0 Å². The second-order valence-electron chi connectivity index (χ2n) is 8.70. The van der Waals surface area contributed by atoms with Gasteiger partial charge in [0.25, 0.3) is 0 Å². The summed E-state index contributed by atoms with van der Waals surface area (Å²) in [5, 5.41) is 18.2. The Morgan fingerprint density at radius 3 is 2.35 bits per heavy atom.